The van der Waals surface area contributed by atoms with Gasteiger partial charge in [0.2, 0.25) is 0 Å². The highest BCUT2D eigenvalue weighted by atomic mass is 32.1. The molecule has 3 rings (SSSR count). The van der Waals surface area contributed by atoms with Crippen LogP contribution in [0.5, 0.6) is 0 Å². The minimum atomic E-state index is 0.00157. The topological polar surface area (TPSA) is 58.1 Å². The third kappa shape index (κ3) is 2.65. The predicted octanol–water partition coefficient (Wildman–Crippen LogP) is 1.46. The van der Waals surface area contributed by atoms with Gasteiger partial charge in [0.25, 0.3) is 5.91 Å². The van der Waals surface area contributed by atoms with E-state index in [9.17, 15) is 4.79 Å². The molecule has 0 unspecified atom stereocenters. The maximum Gasteiger partial charge on any atom is 0.265 e. The molecule has 104 valence electrons. The third-order valence-electron chi connectivity index (χ3n) is 4.07. The highest BCUT2D eigenvalue weighted by molar-refractivity contribution is 7.08. The fourth-order valence-electron chi connectivity index (χ4n) is 2.94. The van der Waals surface area contributed by atoms with Crippen molar-refractivity contribution in [2.24, 2.45) is 0 Å². The molecule has 1 amide bonds. The molecule has 2 aliphatic rings. The van der Waals surface area contributed by atoms with Crippen LogP contribution in [0, 0.1) is 0 Å². The second kappa shape index (κ2) is 5.17. The number of aromatic nitrogens is 2. The van der Waals surface area contributed by atoms with E-state index in [2.05, 4.69) is 26.7 Å². The SMILES string of the molecule is CCc1nnsc1C(=O)N[C@@H]1C[C@H](C)N(C2CC2)C1. The molecular weight excluding hydrogens is 260 g/mol. The van der Waals surface area contributed by atoms with Gasteiger partial charge in [0, 0.05) is 24.7 Å². The molecule has 1 aromatic heterocycles. The van der Waals surface area contributed by atoms with Crippen molar-refractivity contribution in [3.8, 4) is 0 Å². The molecule has 5 nitrogen and oxygen atoms in total. The van der Waals surface area contributed by atoms with Gasteiger partial charge in [-0.2, -0.15) is 0 Å². The van der Waals surface area contributed by atoms with Gasteiger partial charge in [-0.3, -0.25) is 9.69 Å². The highest BCUT2D eigenvalue weighted by Gasteiger charge is 2.39. The Morgan fingerprint density at radius 1 is 1.53 bits per heavy atom. The molecule has 1 aromatic rings. The van der Waals surface area contributed by atoms with Gasteiger partial charge in [0.15, 0.2) is 0 Å². The first kappa shape index (κ1) is 13.0. The Kier molecular flexibility index (Phi) is 3.54. The Bertz CT molecular complexity index is 471. The smallest absolute Gasteiger partial charge is 0.265 e. The van der Waals surface area contributed by atoms with Gasteiger partial charge < -0.3 is 5.32 Å². The minimum absolute atomic E-state index is 0.00157. The zero-order chi connectivity index (χ0) is 13.4. The first-order valence-electron chi connectivity index (χ1n) is 7.06. The monoisotopic (exact) mass is 280 g/mol. The number of carbonyl (C=O) groups excluding carboxylic acids is 1. The zero-order valence-electron chi connectivity index (χ0n) is 11.4. The van der Waals surface area contributed by atoms with Gasteiger partial charge in [-0.15, -0.1) is 5.10 Å². The van der Waals surface area contributed by atoms with Crippen LogP contribution < -0.4 is 5.32 Å². The molecule has 6 heteroatoms. The fraction of sp³-hybridized carbons (Fsp3) is 0.769. The number of carbonyl (C=O) groups is 1. The van der Waals surface area contributed by atoms with E-state index in [0.717, 1.165) is 31.1 Å². The molecular formula is C13H20N4OS. The number of aryl methyl sites for hydroxylation is 1. The molecule has 0 aromatic carbocycles. The van der Waals surface area contributed by atoms with Crippen LogP contribution in [-0.4, -0.2) is 45.1 Å². The lowest BCUT2D eigenvalue weighted by atomic mass is 10.2. The second-order valence-corrected chi connectivity index (χ2v) is 6.34. The zero-order valence-corrected chi connectivity index (χ0v) is 12.2. The van der Waals surface area contributed by atoms with Crippen molar-refractivity contribution in [1.82, 2.24) is 19.8 Å². The Morgan fingerprint density at radius 2 is 2.32 bits per heavy atom. The van der Waals surface area contributed by atoms with E-state index in [1.54, 1.807) is 0 Å². The summed E-state index contributed by atoms with van der Waals surface area (Å²) in [5.74, 6) is 0.00157. The van der Waals surface area contributed by atoms with Crippen molar-refractivity contribution >= 4 is 17.4 Å². The lowest BCUT2D eigenvalue weighted by molar-refractivity contribution is 0.0940. The van der Waals surface area contributed by atoms with E-state index in [1.807, 2.05) is 6.92 Å². The van der Waals surface area contributed by atoms with E-state index < -0.39 is 0 Å². The van der Waals surface area contributed by atoms with Crippen LogP contribution in [0.3, 0.4) is 0 Å². The van der Waals surface area contributed by atoms with Crippen LogP contribution in [0.2, 0.25) is 0 Å². The van der Waals surface area contributed by atoms with Crippen LogP contribution in [0.1, 0.15) is 48.5 Å². The molecule has 2 fully saturated rings. The number of nitrogens with one attached hydrogen (secondary N) is 1. The maximum atomic E-state index is 12.2. The fourth-order valence-corrected chi connectivity index (χ4v) is 3.59. The summed E-state index contributed by atoms with van der Waals surface area (Å²) in [6.45, 7) is 5.25. The third-order valence-corrected chi connectivity index (χ3v) is 4.84. The van der Waals surface area contributed by atoms with Gasteiger partial charge in [0.05, 0.1) is 5.69 Å². The second-order valence-electron chi connectivity index (χ2n) is 5.59. The Labute approximate surface area is 117 Å². The summed E-state index contributed by atoms with van der Waals surface area (Å²) in [6.07, 6.45) is 4.46. The standard InChI is InChI=1S/C13H20N4OS/c1-3-11-12(19-16-15-11)13(18)14-9-6-8(2)17(7-9)10-4-5-10/h8-10H,3-7H2,1-2H3,(H,14,18)/t8-,9+/m0/s1. The van der Waals surface area contributed by atoms with Crippen molar-refractivity contribution in [2.45, 2.75) is 57.7 Å². The molecule has 0 bridgehead atoms. The van der Waals surface area contributed by atoms with E-state index in [0.29, 0.717) is 10.9 Å². The summed E-state index contributed by atoms with van der Waals surface area (Å²) in [7, 11) is 0. The molecule has 2 heterocycles. The highest BCUT2D eigenvalue weighted by Crippen LogP contribution is 2.33. The summed E-state index contributed by atoms with van der Waals surface area (Å²) >= 11 is 1.20. The Hall–Kier alpha value is -1.01. The molecule has 2 atom stereocenters. The largest absolute Gasteiger partial charge is 0.347 e. The van der Waals surface area contributed by atoms with Crippen molar-refractivity contribution in [3.05, 3.63) is 10.6 Å². The van der Waals surface area contributed by atoms with Crippen LogP contribution in [-0.2, 0) is 6.42 Å². The van der Waals surface area contributed by atoms with Crippen molar-refractivity contribution in [1.29, 1.82) is 0 Å². The van der Waals surface area contributed by atoms with Gasteiger partial charge in [-0.25, -0.2) is 0 Å². The summed E-state index contributed by atoms with van der Waals surface area (Å²) in [5, 5.41) is 7.14. The van der Waals surface area contributed by atoms with Gasteiger partial charge in [-0.05, 0) is 44.1 Å². The Morgan fingerprint density at radius 3 is 3.00 bits per heavy atom. The van der Waals surface area contributed by atoms with Crippen molar-refractivity contribution in [3.63, 3.8) is 0 Å². The van der Waals surface area contributed by atoms with Crippen molar-refractivity contribution in [2.75, 3.05) is 6.54 Å². The minimum Gasteiger partial charge on any atom is -0.347 e. The quantitative estimate of drug-likeness (QED) is 0.907. The summed E-state index contributed by atoms with van der Waals surface area (Å²) in [5.41, 5.74) is 0.813. The summed E-state index contributed by atoms with van der Waals surface area (Å²) in [4.78, 5) is 15.5. The van der Waals surface area contributed by atoms with Crippen LogP contribution in [0.15, 0.2) is 0 Å². The van der Waals surface area contributed by atoms with E-state index in [4.69, 9.17) is 0 Å². The number of rotatable bonds is 4. The van der Waals surface area contributed by atoms with Gasteiger partial charge in [-0.1, -0.05) is 11.4 Å². The van der Waals surface area contributed by atoms with Crippen molar-refractivity contribution < 1.29 is 4.79 Å². The molecule has 1 saturated heterocycles. The average Bonchev–Trinajstić information content (AvgIpc) is 2.99. The van der Waals surface area contributed by atoms with Gasteiger partial charge >= 0.3 is 0 Å². The molecule has 0 spiro atoms. The molecule has 1 aliphatic carbocycles. The molecule has 0 radical (unpaired) electrons. The van der Waals surface area contributed by atoms with E-state index in [-0.39, 0.29) is 11.9 Å². The average molecular weight is 280 g/mol. The normalized spacial score (nSPS) is 27.7. The Balaban J connectivity index is 1.61. The molecule has 1 aliphatic heterocycles. The number of amides is 1. The predicted molar refractivity (Wildman–Crippen MR) is 74.3 cm³/mol. The van der Waals surface area contributed by atoms with E-state index in [1.165, 1.54) is 24.4 Å². The first-order valence-corrected chi connectivity index (χ1v) is 7.84. The molecule has 19 heavy (non-hydrogen) atoms. The summed E-state index contributed by atoms with van der Waals surface area (Å²) in [6, 6.07) is 1.63. The molecule has 1 saturated carbocycles. The lowest BCUT2D eigenvalue weighted by Gasteiger charge is -2.19. The first-order chi connectivity index (χ1) is 9.19. The van der Waals surface area contributed by atoms with Crippen LogP contribution in [0.25, 0.3) is 0 Å². The van der Waals surface area contributed by atoms with E-state index >= 15 is 0 Å². The number of nitrogens with zero attached hydrogens (tertiary/aromatic N) is 3. The number of hydrogen-bond acceptors (Lipinski definition) is 5. The number of hydrogen-bond donors (Lipinski definition) is 1. The lowest BCUT2D eigenvalue weighted by Crippen LogP contribution is -2.37. The maximum absolute atomic E-state index is 12.2. The molecule has 1 N–H and O–H groups in total. The number of likely N-dealkylation sites (tertiary alicyclic amines) is 1. The summed E-state index contributed by atoms with van der Waals surface area (Å²) < 4.78 is 3.88. The van der Waals surface area contributed by atoms with Crippen LogP contribution >= 0.6 is 11.5 Å². The van der Waals surface area contributed by atoms with Gasteiger partial charge in [0.1, 0.15) is 4.88 Å². The van der Waals surface area contributed by atoms with Crippen LogP contribution in [0.4, 0.5) is 0 Å².